The van der Waals surface area contributed by atoms with Crippen molar-refractivity contribution in [3.05, 3.63) is 52.0 Å². The third-order valence-corrected chi connectivity index (χ3v) is 4.29. The molecule has 6 heteroatoms. The molecule has 0 aliphatic carbocycles. The van der Waals surface area contributed by atoms with Crippen LogP contribution in [0, 0.1) is 18.7 Å². The molecule has 0 radical (unpaired) electrons. The molecule has 1 aromatic heterocycles. The van der Waals surface area contributed by atoms with E-state index in [0.29, 0.717) is 16.1 Å². The van der Waals surface area contributed by atoms with Crippen LogP contribution in [-0.4, -0.2) is 17.9 Å². The Morgan fingerprint density at radius 1 is 1.22 bits per heavy atom. The van der Waals surface area contributed by atoms with E-state index >= 15 is 0 Å². The van der Waals surface area contributed by atoms with Crippen LogP contribution in [0.25, 0.3) is 0 Å². The molecule has 0 saturated carbocycles. The van der Waals surface area contributed by atoms with Crippen LogP contribution < -0.4 is 10.6 Å². The number of aryl methyl sites for hydroxylation is 1. The number of carbonyl (C=O) groups is 2. The van der Waals surface area contributed by atoms with Crippen LogP contribution in [0.4, 0.5) is 10.1 Å². The number of amides is 2. The highest BCUT2D eigenvalue weighted by Gasteiger charge is 2.25. The predicted molar refractivity (Wildman–Crippen MR) is 90.2 cm³/mol. The lowest BCUT2D eigenvalue weighted by atomic mass is 10.0. The number of carbonyl (C=O) groups excluding carboxylic acids is 2. The zero-order chi connectivity index (χ0) is 17.0. The smallest absolute Gasteiger partial charge is 0.262 e. The molecule has 4 nitrogen and oxygen atoms in total. The van der Waals surface area contributed by atoms with Crippen LogP contribution in [-0.2, 0) is 4.79 Å². The topological polar surface area (TPSA) is 58.2 Å². The summed E-state index contributed by atoms with van der Waals surface area (Å²) in [6, 6.07) is 7.28. The number of hydrogen-bond acceptors (Lipinski definition) is 3. The minimum Gasteiger partial charge on any atom is -0.339 e. The zero-order valence-electron chi connectivity index (χ0n) is 13.2. The summed E-state index contributed by atoms with van der Waals surface area (Å²) in [7, 11) is 0. The Hall–Kier alpha value is -2.21. The number of thiophene rings is 1. The Kier molecular flexibility index (Phi) is 5.50. The van der Waals surface area contributed by atoms with Crippen molar-refractivity contribution in [1.29, 1.82) is 0 Å². The Morgan fingerprint density at radius 3 is 2.52 bits per heavy atom. The lowest BCUT2D eigenvalue weighted by Gasteiger charge is -2.21. The number of rotatable bonds is 5. The van der Waals surface area contributed by atoms with E-state index in [1.165, 1.54) is 17.4 Å². The van der Waals surface area contributed by atoms with Gasteiger partial charge in [0.2, 0.25) is 5.91 Å². The van der Waals surface area contributed by atoms with Gasteiger partial charge >= 0.3 is 0 Å². The average Bonchev–Trinajstić information content (AvgIpc) is 3.02. The molecule has 122 valence electrons. The molecule has 2 N–H and O–H groups in total. The van der Waals surface area contributed by atoms with Crippen molar-refractivity contribution in [2.24, 2.45) is 5.92 Å². The zero-order valence-corrected chi connectivity index (χ0v) is 14.0. The second kappa shape index (κ2) is 7.37. The lowest BCUT2D eigenvalue weighted by Crippen LogP contribution is -2.46. The molecule has 0 bridgehead atoms. The summed E-state index contributed by atoms with van der Waals surface area (Å²) in [5.41, 5.74) is 0.878. The first-order valence-electron chi connectivity index (χ1n) is 7.30. The van der Waals surface area contributed by atoms with Crippen molar-refractivity contribution in [1.82, 2.24) is 5.32 Å². The summed E-state index contributed by atoms with van der Waals surface area (Å²) in [4.78, 5) is 25.1. The van der Waals surface area contributed by atoms with E-state index in [4.69, 9.17) is 0 Å². The molecule has 1 heterocycles. The fraction of sp³-hybridized carbons (Fsp3) is 0.294. The maximum Gasteiger partial charge on any atom is 0.262 e. The summed E-state index contributed by atoms with van der Waals surface area (Å²) in [5, 5.41) is 7.18. The number of nitrogens with one attached hydrogen (secondary N) is 2. The summed E-state index contributed by atoms with van der Waals surface area (Å²) < 4.78 is 13.6. The standard InChI is InChI=1S/C17H19FN2O2S/c1-10(2)15(20-16(21)14-5-4-8-23-14)17(22)19-12-7-6-11(3)13(18)9-12/h4-10,15H,1-3H3,(H,19,22)(H,20,21). The van der Waals surface area contributed by atoms with Gasteiger partial charge in [-0.3, -0.25) is 9.59 Å². The van der Waals surface area contributed by atoms with Gasteiger partial charge in [0.15, 0.2) is 0 Å². The molecule has 2 aromatic rings. The highest BCUT2D eigenvalue weighted by Crippen LogP contribution is 2.15. The van der Waals surface area contributed by atoms with Crippen molar-refractivity contribution in [2.45, 2.75) is 26.8 Å². The summed E-state index contributed by atoms with van der Waals surface area (Å²) in [5.74, 6) is -1.14. The van der Waals surface area contributed by atoms with Gasteiger partial charge in [0, 0.05) is 5.69 Å². The van der Waals surface area contributed by atoms with Crippen molar-refractivity contribution in [3.63, 3.8) is 0 Å². The van der Waals surface area contributed by atoms with E-state index in [9.17, 15) is 14.0 Å². The minimum atomic E-state index is -0.700. The molecule has 0 spiro atoms. The van der Waals surface area contributed by atoms with Gasteiger partial charge in [-0.25, -0.2) is 4.39 Å². The van der Waals surface area contributed by atoms with Crippen molar-refractivity contribution in [2.75, 3.05) is 5.32 Å². The van der Waals surface area contributed by atoms with Crippen LogP contribution >= 0.6 is 11.3 Å². The van der Waals surface area contributed by atoms with Crippen molar-refractivity contribution >= 4 is 28.8 Å². The second-order valence-electron chi connectivity index (χ2n) is 5.63. The van der Waals surface area contributed by atoms with E-state index in [1.807, 2.05) is 13.8 Å². The summed E-state index contributed by atoms with van der Waals surface area (Å²) in [6.07, 6.45) is 0. The quantitative estimate of drug-likeness (QED) is 0.878. The molecule has 1 aromatic carbocycles. The van der Waals surface area contributed by atoms with E-state index < -0.39 is 6.04 Å². The molecular formula is C17H19FN2O2S. The van der Waals surface area contributed by atoms with Crippen LogP contribution in [0.15, 0.2) is 35.7 Å². The third kappa shape index (κ3) is 4.39. The van der Waals surface area contributed by atoms with Gasteiger partial charge in [0.05, 0.1) is 4.88 Å². The van der Waals surface area contributed by atoms with Gasteiger partial charge in [-0.15, -0.1) is 11.3 Å². The van der Waals surface area contributed by atoms with Crippen LogP contribution in [0.5, 0.6) is 0 Å². The van der Waals surface area contributed by atoms with Gasteiger partial charge in [0.1, 0.15) is 11.9 Å². The monoisotopic (exact) mass is 334 g/mol. The van der Waals surface area contributed by atoms with Crippen LogP contribution in [0.1, 0.15) is 29.1 Å². The molecule has 0 aliphatic heterocycles. The molecule has 2 amide bonds. The van der Waals surface area contributed by atoms with Crippen LogP contribution in [0.3, 0.4) is 0 Å². The Balaban J connectivity index is 2.09. The maximum atomic E-state index is 13.6. The molecule has 1 unspecified atom stereocenters. The third-order valence-electron chi connectivity index (χ3n) is 3.42. The van der Waals surface area contributed by atoms with Gasteiger partial charge in [0.25, 0.3) is 5.91 Å². The molecule has 0 saturated heterocycles. The average molecular weight is 334 g/mol. The van der Waals surface area contributed by atoms with E-state index in [2.05, 4.69) is 10.6 Å². The fourth-order valence-corrected chi connectivity index (χ4v) is 2.67. The lowest BCUT2D eigenvalue weighted by molar-refractivity contribution is -0.118. The fourth-order valence-electron chi connectivity index (χ4n) is 2.05. The Labute approximate surface area is 138 Å². The highest BCUT2D eigenvalue weighted by molar-refractivity contribution is 7.12. The summed E-state index contributed by atoms with van der Waals surface area (Å²) >= 11 is 1.31. The van der Waals surface area contributed by atoms with Crippen molar-refractivity contribution < 1.29 is 14.0 Å². The number of benzene rings is 1. The first kappa shape index (κ1) is 17.1. The largest absolute Gasteiger partial charge is 0.339 e. The molecule has 23 heavy (non-hydrogen) atoms. The summed E-state index contributed by atoms with van der Waals surface area (Å²) in [6.45, 7) is 5.34. The number of halogens is 1. The first-order valence-corrected chi connectivity index (χ1v) is 8.18. The van der Waals surface area contributed by atoms with E-state index in [0.717, 1.165) is 0 Å². The molecule has 2 rings (SSSR count). The Morgan fingerprint density at radius 2 is 1.96 bits per heavy atom. The molecular weight excluding hydrogens is 315 g/mol. The first-order chi connectivity index (χ1) is 10.9. The second-order valence-corrected chi connectivity index (χ2v) is 6.57. The highest BCUT2D eigenvalue weighted by atomic mass is 32.1. The van der Waals surface area contributed by atoms with Gasteiger partial charge < -0.3 is 10.6 Å². The van der Waals surface area contributed by atoms with Gasteiger partial charge in [-0.2, -0.15) is 0 Å². The molecule has 1 atom stereocenters. The maximum absolute atomic E-state index is 13.6. The Bertz CT molecular complexity index is 699. The SMILES string of the molecule is Cc1ccc(NC(=O)C(NC(=O)c2cccs2)C(C)C)cc1F. The molecule has 0 aliphatic rings. The minimum absolute atomic E-state index is 0.103. The number of anilines is 1. The number of hydrogen-bond donors (Lipinski definition) is 2. The van der Waals surface area contributed by atoms with Crippen molar-refractivity contribution in [3.8, 4) is 0 Å². The van der Waals surface area contributed by atoms with Crippen LogP contribution in [0.2, 0.25) is 0 Å². The predicted octanol–water partition coefficient (Wildman–Crippen LogP) is 3.59. The molecule has 0 fully saturated rings. The van der Waals surface area contributed by atoms with Gasteiger partial charge in [-0.05, 0) is 42.0 Å². The normalized spacial score (nSPS) is 12.0. The van der Waals surface area contributed by atoms with Gasteiger partial charge in [-0.1, -0.05) is 26.0 Å². The van der Waals surface area contributed by atoms with E-state index in [-0.39, 0.29) is 23.5 Å². The van der Waals surface area contributed by atoms with E-state index in [1.54, 1.807) is 36.6 Å².